The molecule has 0 spiro atoms. The van der Waals surface area contributed by atoms with E-state index < -0.39 is 23.6 Å². The van der Waals surface area contributed by atoms with Crippen LogP contribution in [0.2, 0.25) is 0 Å². The number of ether oxygens (including phenoxy) is 3. The van der Waals surface area contributed by atoms with Gasteiger partial charge in [-0.3, -0.25) is 0 Å². The minimum absolute atomic E-state index is 0.123. The van der Waals surface area contributed by atoms with Crippen LogP contribution in [-0.2, 0) is 23.8 Å². The van der Waals surface area contributed by atoms with Crippen LogP contribution in [0.15, 0.2) is 12.2 Å². The molecule has 0 fully saturated rings. The Kier molecular flexibility index (Phi) is 8.89. The van der Waals surface area contributed by atoms with Crippen LogP contribution < -0.4 is 5.32 Å². The first-order valence-corrected chi connectivity index (χ1v) is 7.12. The van der Waals surface area contributed by atoms with Gasteiger partial charge in [0.15, 0.2) is 0 Å². The molecule has 0 heterocycles. The highest BCUT2D eigenvalue weighted by Gasteiger charge is 2.15. The number of hydrogen-bond acceptors (Lipinski definition) is 6. The predicted molar refractivity (Wildman–Crippen MR) is 80.2 cm³/mol. The Morgan fingerprint density at radius 1 is 1.09 bits per heavy atom. The maximum atomic E-state index is 11.3. The summed E-state index contributed by atoms with van der Waals surface area (Å²) in [6, 6.07) is 0. The van der Waals surface area contributed by atoms with Crippen LogP contribution in [-0.4, -0.2) is 42.9 Å². The number of nitrogens with one attached hydrogen (secondary N) is 1. The molecular formula is C15H25NO6. The van der Waals surface area contributed by atoms with E-state index in [2.05, 4.69) is 5.32 Å². The SMILES string of the molecule is CC(C)OC(=O)/C=C/C(=O)OCCCNC(=O)OC(C)(C)C. The minimum atomic E-state index is -0.641. The maximum Gasteiger partial charge on any atom is 0.407 e. The van der Waals surface area contributed by atoms with E-state index in [0.29, 0.717) is 13.0 Å². The van der Waals surface area contributed by atoms with E-state index in [9.17, 15) is 14.4 Å². The molecule has 22 heavy (non-hydrogen) atoms. The van der Waals surface area contributed by atoms with Crippen molar-refractivity contribution in [2.75, 3.05) is 13.2 Å². The van der Waals surface area contributed by atoms with Gasteiger partial charge in [0, 0.05) is 18.7 Å². The van der Waals surface area contributed by atoms with Crippen molar-refractivity contribution in [3.05, 3.63) is 12.2 Å². The topological polar surface area (TPSA) is 90.9 Å². The molecule has 0 saturated heterocycles. The lowest BCUT2D eigenvalue weighted by atomic mass is 10.2. The fraction of sp³-hybridized carbons (Fsp3) is 0.667. The molecule has 7 nitrogen and oxygen atoms in total. The molecule has 0 bridgehead atoms. The first kappa shape index (κ1) is 19.9. The van der Waals surface area contributed by atoms with Gasteiger partial charge in [0.1, 0.15) is 5.60 Å². The number of alkyl carbamates (subject to hydrolysis) is 1. The van der Waals surface area contributed by atoms with Gasteiger partial charge in [-0.25, -0.2) is 14.4 Å². The van der Waals surface area contributed by atoms with Gasteiger partial charge in [-0.1, -0.05) is 0 Å². The van der Waals surface area contributed by atoms with E-state index in [1.165, 1.54) is 0 Å². The minimum Gasteiger partial charge on any atom is -0.462 e. The lowest BCUT2D eigenvalue weighted by Gasteiger charge is -2.19. The summed E-state index contributed by atoms with van der Waals surface area (Å²) >= 11 is 0. The molecule has 0 unspecified atom stereocenters. The number of carbonyl (C=O) groups is 3. The Labute approximate surface area is 131 Å². The first-order chi connectivity index (χ1) is 10.1. The van der Waals surface area contributed by atoms with Gasteiger partial charge in [-0.15, -0.1) is 0 Å². The molecule has 7 heteroatoms. The number of rotatable bonds is 7. The Hall–Kier alpha value is -2.05. The second kappa shape index (κ2) is 9.81. The van der Waals surface area contributed by atoms with Gasteiger partial charge in [0.2, 0.25) is 0 Å². The van der Waals surface area contributed by atoms with Crippen LogP contribution in [0.4, 0.5) is 4.79 Å². The summed E-state index contributed by atoms with van der Waals surface area (Å²) in [4.78, 5) is 33.8. The van der Waals surface area contributed by atoms with Gasteiger partial charge in [-0.2, -0.15) is 0 Å². The third-order valence-corrected chi connectivity index (χ3v) is 1.94. The Morgan fingerprint density at radius 2 is 1.68 bits per heavy atom. The van der Waals surface area contributed by atoms with E-state index >= 15 is 0 Å². The Bertz CT molecular complexity index is 409. The second-order valence-electron chi connectivity index (χ2n) is 5.77. The summed E-state index contributed by atoms with van der Waals surface area (Å²) < 4.78 is 14.7. The second-order valence-corrected chi connectivity index (χ2v) is 5.77. The lowest BCUT2D eigenvalue weighted by Crippen LogP contribution is -2.33. The van der Waals surface area contributed by atoms with Gasteiger partial charge in [0.25, 0.3) is 0 Å². The molecule has 0 aromatic heterocycles. The van der Waals surface area contributed by atoms with Gasteiger partial charge in [0.05, 0.1) is 12.7 Å². The molecule has 0 saturated carbocycles. The van der Waals surface area contributed by atoms with Crippen LogP contribution in [0.1, 0.15) is 41.0 Å². The third-order valence-electron chi connectivity index (χ3n) is 1.94. The molecule has 1 amide bonds. The summed E-state index contributed by atoms with van der Waals surface area (Å²) in [6.07, 6.45) is 1.70. The van der Waals surface area contributed by atoms with E-state index in [1.807, 2.05) is 0 Å². The molecule has 0 aromatic rings. The van der Waals surface area contributed by atoms with Crippen LogP contribution in [0.5, 0.6) is 0 Å². The van der Waals surface area contributed by atoms with Crippen molar-refractivity contribution in [3.63, 3.8) is 0 Å². The summed E-state index contributed by atoms with van der Waals surface area (Å²) in [7, 11) is 0. The average Bonchev–Trinajstić information content (AvgIpc) is 2.33. The van der Waals surface area contributed by atoms with E-state index in [-0.39, 0.29) is 12.7 Å². The highest BCUT2D eigenvalue weighted by Crippen LogP contribution is 2.06. The fourth-order valence-electron chi connectivity index (χ4n) is 1.21. The largest absolute Gasteiger partial charge is 0.462 e. The summed E-state index contributed by atoms with van der Waals surface area (Å²) in [5.74, 6) is -1.24. The standard InChI is InChI=1S/C15H25NO6/c1-11(2)21-13(18)8-7-12(17)20-10-6-9-16-14(19)22-15(3,4)5/h7-8,11H,6,9-10H2,1-5H3,(H,16,19)/b8-7+. The van der Waals surface area contributed by atoms with E-state index in [4.69, 9.17) is 14.2 Å². The Morgan fingerprint density at radius 3 is 2.23 bits per heavy atom. The quantitative estimate of drug-likeness (QED) is 0.334. The van der Waals surface area contributed by atoms with Crippen molar-refractivity contribution in [2.24, 2.45) is 0 Å². The summed E-state index contributed by atoms with van der Waals surface area (Å²) in [6.45, 7) is 9.17. The predicted octanol–water partition coefficient (Wildman–Crippen LogP) is 1.95. The maximum absolute atomic E-state index is 11.3. The summed E-state index contributed by atoms with van der Waals surface area (Å²) in [5, 5.41) is 2.54. The van der Waals surface area contributed by atoms with E-state index in [0.717, 1.165) is 12.2 Å². The highest BCUT2D eigenvalue weighted by molar-refractivity contribution is 5.91. The Balaban J connectivity index is 3.75. The van der Waals surface area contributed by atoms with Crippen molar-refractivity contribution in [1.82, 2.24) is 5.32 Å². The molecule has 0 aromatic carbocycles. The highest BCUT2D eigenvalue weighted by atomic mass is 16.6. The zero-order chi connectivity index (χ0) is 17.2. The molecule has 0 atom stereocenters. The third kappa shape index (κ3) is 13.0. The smallest absolute Gasteiger partial charge is 0.407 e. The monoisotopic (exact) mass is 315 g/mol. The number of esters is 2. The van der Waals surface area contributed by atoms with Gasteiger partial charge >= 0.3 is 18.0 Å². The zero-order valence-electron chi connectivity index (χ0n) is 13.8. The van der Waals surface area contributed by atoms with Crippen molar-refractivity contribution < 1.29 is 28.6 Å². The van der Waals surface area contributed by atoms with Crippen LogP contribution in [0.3, 0.4) is 0 Å². The van der Waals surface area contributed by atoms with Crippen LogP contribution in [0.25, 0.3) is 0 Å². The molecule has 0 radical (unpaired) electrons. The normalized spacial score (nSPS) is 11.4. The lowest BCUT2D eigenvalue weighted by molar-refractivity contribution is -0.142. The molecule has 0 aliphatic rings. The molecule has 0 rings (SSSR count). The molecule has 0 aliphatic heterocycles. The number of hydrogen-bond donors (Lipinski definition) is 1. The summed E-state index contributed by atoms with van der Waals surface area (Å²) in [5.41, 5.74) is -0.550. The molecule has 126 valence electrons. The zero-order valence-corrected chi connectivity index (χ0v) is 13.8. The van der Waals surface area contributed by atoms with Crippen molar-refractivity contribution in [2.45, 2.75) is 52.7 Å². The van der Waals surface area contributed by atoms with Crippen LogP contribution >= 0.6 is 0 Å². The van der Waals surface area contributed by atoms with Crippen molar-refractivity contribution in [1.29, 1.82) is 0 Å². The average molecular weight is 315 g/mol. The van der Waals surface area contributed by atoms with Gasteiger partial charge in [-0.05, 0) is 41.0 Å². The molecule has 1 N–H and O–H groups in total. The van der Waals surface area contributed by atoms with Gasteiger partial charge < -0.3 is 19.5 Å². The van der Waals surface area contributed by atoms with E-state index in [1.54, 1.807) is 34.6 Å². The van der Waals surface area contributed by atoms with Crippen LogP contribution in [0, 0.1) is 0 Å². The number of carbonyl (C=O) groups excluding carboxylic acids is 3. The first-order valence-electron chi connectivity index (χ1n) is 7.12. The molecular weight excluding hydrogens is 290 g/mol. The van der Waals surface area contributed by atoms with Crippen molar-refractivity contribution >= 4 is 18.0 Å². The fourth-order valence-corrected chi connectivity index (χ4v) is 1.21. The van der Waals surface area contributed by atoms with Crippen molar-refractivity contribution in [3.8, 4) is 0 Å². The number of amides is 1. The molecule has 0 aliphatic carbocycles.